The standard InChI is InChI=1S/C23H23FN2O7/c1-6-33-21-18(19(27)20(21)28)26-14-9-12(7-8-13(14)24)17-15(22(29)31-4)10(2)25-11(3)16(17)23(30)32-5/h7-9,17,25-26H,6H2,1-5H3. The van der Waals surface area contributed by atoms with E-state index in [1.807, 2.05) is 0 Å². The Morgan fingerprint density at radius 2 is 1.61 bits per heavy atom. The van der Waals surface area contributed by atoms with Crippen molar-refractivity contribution in [1.82, 2.24) is 5.32 Å². The average Bonchev–Trinajstić information content (AvgIpc) is 2.80. The zero-order chi connectivity index (χ0) is 24.4. The first-order valence-corrected chi connectivity index (χ1v) is 10.0. The molecule has 0 amide bonds. The van der Waals surface area contributed by atoms with E-state index in [1.54, 1.807) is 20.8 Å². The fourth-order valence-corrected chi connectivity index (χ4v) is 3.81. The SMILES string of the molecule is CCOc1c(Nc2cc(C3C(C(=O)OC)=C(C)NC(C)=C3C(=O)OC)ccc2F)c(=O)c1=O. The second kappa shape index (κ2) is 9.27. The van der Waals surface area contributed by atoms with E-state index in [0.29, 0.717) is 17.0 Å². The second-order valence-electron chi connectivity index (χ2n) is 7.28. The Bertz CT molecular complexity index is 1230. The number of hydrogen-bond donors (Lipinski definition) is 2. The number of carbonyl (C=O) groups excluding carboxylic acids is 2. The van der Waals surface area contributed by atoms with Gasteiger partial charge in [-0.25, -0.2) is 14.0 Å². The van der Waals surface area contributed by atoms with Crippen molar-refractivity contribution in [2.45, 2.75) is 26.7 Å². The van der Waals surface area contributed by atoms with Crippen LogP contribution in [0.1, 0.15) is 32.3 Å². The lowest BCUT2D eigenvalue weighted by Gasteiger charge is -2.30. The third-order valence-corrected chi connectivity index (χ3v) is 5.31. The molecule has 0 fully saturated rings. The van der Waals surface area contributed by atoms with Gasteiger partial charge < -0.3 is 24.8 Å². The number of anilines is 2. The molecule has 2 N–H and O–H groups in total. The molecule has 1 heterocycles. The first-order chi connectivity index (χ1) is 15.7. The van der Waals surface area contributed by atoms with Crippen LogP contribution in [0.2, 0.25) is 0 Å². The van der Waals surface area contributed by atoms with Gasteiger partial charge in [0.2, 0.25) is 0 Å². The maximum absolute atomic E-state index is 14.7. The van der Waals surface area contributed by atoms with Gasteiger partial charge in [0.05, 0.1) is 43.6 Å². The summed E-state index contributed by atoms with van der Waals surface area (Å²) in [5.74, 6) is -3.20. The average molecular weight is 458 g/mol. The number of methoxy groups -OCH3 is 2. The number of dihydropyridines is 1. The third-order valence-electron chi connectivity index (χ3n) is 5.31. The highest BCUT2D eigenvalue weighted by Gasteiger charge is 2.38. The van der Waals surface area contributed by atoms with Crippen LogP contribution in [0.5, 0.6) is 5.75 Å². The summed E-state index contributed by atoms with van der Waals surface area (Å²) in [7, 11) is 2.42. The maximum Gasteiger partial charge on any atom is 0.336 e. The van der Waals surface area contributed by atoms with Gasteiger partial charge in [-0.1, -0.05) is 6.07 Å². The second-order valence-corrected chi connectivity index (χ2v) is 7.28. The lowest BCUT2D eigenvalue weighted by molar-refractivity contribution is -0.137. The normalized spacial score (nSPS) is 14.2. The minimum Gasteiger partial charge on any atom is -0.488 e. The van der Waals surface area contributed by atoms with Crippen molar-refractivity contribution in [1.29, 1.82) is 0 Å². The number of allylic oxidation sites excluding steroid dienone is 2. The van der Waals surface area contributed by atoms with Gasteiger partial charge in [-0.2, -0.15) is 0 Å². The molecule has 0 unspecified atom stereocenters. The third kappa shape index (κ3) is 4.11. The van der Waals surface area contributed by atoms with Crippen molar-refractivity contribution in [3.05, 3.63) is 72.6 Å². The summed E-state index contributed by atoms with van der Waals surface area (Å²) < 4.78 is 29.6. The van der Waals surface area contributed by atoms with Gasteiger partial charge >= 0.3 is 11.9 Å². The van der Waals surface area contributed by atoms with Crippen LogP contribution in [0, 0.1) is 5.82 Å². The van der Waals surface area contributed by atoms with Gasteiger partial charge in [-0.3, -0.25) is 9.59 Å². The summed E-state index contributed by atoms with van der Waals surface area (Å²) in [6.45, 7) is 5.09. The molecule has 0 spiro atoms. The monoisotopic (exact) mass is 458 g/mol. The highest BCUT2D eigenvalue weighted by molar-refractivity contribution is 5.99. The summed E-state index contributed by atoms with van der Waals surface area (Å²) in [6.07, 6.45) is 0. The van der Waals surface area contributed by atoms with Crippen LogP contribution in [-0.2, 0) is 19.1 Å². The molecule has 0 aromatic heterocycles. The molecular weight excluding hydrogens is 435 g/mol. The van der Waals surface area contributed by atoms with E-state index in [4.69, 9.17) is 14.2 Å². The fourth-order valence-electron chi connectivity index (χ4n) is 3.81. The summed E-state index contributed by atoms with van der Waals surface area (Å²) in [4.78, 5) is 48.9. The lowest BCUT2D eigenvalue weighted by Crippen LogP contribution is -2.35. The van der Waals surface area contributed by atoms with E-state index in [2.05, 4.69) is 10.6 Å². The van der Waals surface area contributed by atoms with Crippen LogP contribution >= 0.6 is 0 Å². The molecule has 0 bridgehead atoms. The summed E-state index contributed by atoms with van der Waals surface area (Å²) in [6, 6.07) is 3.89. The molecule has 10 heteroatoms. The minimum absolute atomic E-state index is 0.136. The van der Waals surface area contributed by atoms with Crippen molar-refractivity contribution in [3.63, 3.8) is 0 Å². The Labute approximate surface area is 188 Å². The topological polar surface area (TPSA) is 120 Å². The van der Waals surface area contributed by atoms with E-state index in [0.717, 1.165) is 6.07 Å². The van der Waals surface area contributed by atoms with E-state index >= 15 is 0 Å². The van der Waals surface area contributed by atoms with Crippen LogP contribution in [-0.4, -0.2) is 32.8 Å². The molecule has 2 aromatic rings. The van der Waals surface area contributed by atoms with Crippen LogP contribution in [0.4, 0.5) is 15.8 Å². The number of rotatable bonds is 7. The Kier molecular flexibility index (Phi) is 6.66. The maximum atomic E-state index is 14.7. The summed E-state index contributed by atoms with van der Waals surface area (Å²) in [5.41, 5.74) is -0.374. The number of ether oxygens (including phenoxy) is 3. The Morgan fingerprint density at radius 1 is 1.03 bits per heavy atom. The number of nitrogens with one attached hydrogen (secondary N) is 2. The zero-order valence-corrected chi connectivity index (χ0v) is 18.8. The van der Waals surface area contributed by atoms with E-state index in [1.165, 1.54) is 26.4 Å². The molecule has 9 nitrogen and oxygen atoms in total. The van der Waals surface area contributed by atoms with Gasteiger partial charge in [0.25, 0.3) is 10.9 Å². The van der Waals surface area contributed by atoms with Crippen molar-refractivity contribution < 1.29 is 28.2 Å². The summed E-state index contributed by atoms with van der Waals surface area (Å²) in [5, 5.41) is 5.59. The van der Waals surface area contributed by atoms with Gasteiger partial charge in [-0.15, -0.1) is 0 Å². The molecule has 3 rings (SSSR count). The highest BCUT2D eigenvalue weighted by Crippen LogP contribution is 2.40. The van der Waals surface area contributed by atoms with Crippen LogP contribution in [0.3, 0.4) is 0 Å². The molecule has 0 aliphatic carbocycles. The predicted octanol–water partition coefficient (Wildman–Crippen LogP) is 2.14. The van der Waals surface area contributed by atoms with E-state index in [9.17, 15) is 23.6 Å². The molecule has 33 heavy (non-hydrogen) atoms. The lowest BCUT2D eigenvalue weighted by atomic mass is 9.80. The largest absolute Gasteiger partial charge is 0.488 e. The molecule has 1 aliphatic rings. The van der Waals surface area contributed by atoms with Gasteiger partial charge in [0, 0.05) is 11.4 Å². The number of esters is 2. The van der Waals surface area contributed by atoms with Crippen molar-refractivity contribution in [2.24, 2.45) is 0 Å². The quantitative estimate of drug-likeness (QED) is 0.475. The van der Waals surface area contributed by atoms with Gasteiger partial charge in [0.15, 0.2) is 5.75 Å². The molecular formula is C23H23FN2O7. The molecule has 2 aromatic carbocycles. The molecule has 174 valence electrons. The molecule has 0 saturated carbocycles. The zero-order valence-electron chi connectivity index (χ0n) is 18.8. The molecule has 1 aliphatic heterocycles. The van der Waals surface area contributed by atoms with Crippen LogP contribution < -0.4 is 26.2 Å². The Balaban J connectivity index is 2.15. The van der Waals surface area contributed by atoms with Gasteiger partial charge in [0.1, 0.15) is 11.5 Å². The Morgan fingerprint density at radius 3 is 2.12 bits per heavy atom. The highest BCUT2D eigenvalue weighted by atomic mass is 19.1. The fraction of sp³-hybridized carbons (Fsp3) is 0.304. The van der Waals surface area contributed by atoms with E-state index < -0.39 is 34.5 Å². The van der Waals surface area contributed by atoms with Crippen molar-refractivity contribution in [3.8, 4) is 5.75 Å². The first-order valence-electron chi connectivity index (χ1n) is 10.0. The minimum atomic E-state index is -0.939. The van der Waals surface area contributed by atoms with Crippen molar-refractivity contribution >= 4 is 23.3 Å². The van der Waals surface area contributed by atoms with Crippen LogP contribution in [0.15, 0.2) is 50.3 Å². The smallest absolute Gasteiger partial charge is 0.336 e. The predicted molar refractivity (Wildman–Crippen MR) is 118 cm³/mol. The van der Waals surface area contributed by atoms with Crippen LogP contribution in [0.25, 0.3) is 0 Å². The molecule has 0 saturated heterocycles. The number of hydrogen-bond acceptors (Lipinski definition) is 9. The Hall–Kier alpha value is -3.95. The molecule has 0 atom stereocenters. The number of benzene rings is 1. The van der Waals surface area contributed by atoms with E-state index in [-0.39, 0.29) is 34.9 Å². The van der Waals surface area contributed by atoms with Gasteiger partial charge in [-0.05, 0) is 38.5 Å². The summed E-state index contributed by atoms with van der Waals surface area (Å²) >= 11 is 0. The number of halogens is 1. The first kappa shape index (κ1) is 23.7. The van der Waals surface area contributed by atoms with Crippen molar-refractivity contribution in [2.75, 3.05) is 26.1 Å². The number of carbonyl (C=O) groups is 2. The molecule has 0 radical (unpaired) electrons.